The van der Waals surface area contributed by atoms with Crippen LogP contribution in [0, 0.1) is 7.14 Å². The van der Waals surface area contributed by atoms with Gasteiger partial charge in [-0.15, -0.1) is 0 Å². The lowest BCUT2D eigenvalue weighted by Gasteiger charge is -2.27. The van der Waals surface area contributed by atoms with Crippen LogP contribution in [-0.4, -0.2) is 36.9 Å². The molecule has 0 saturated heterocycles. The van der Waals surface area contributed by atoms with Crippen molar-refractivity contribution < 1.29 is 24.2 Å². The van der Waals surface area contributed by atoms with E-state index in [1.54, 1.807) is 60.7 Å². The van der Waals surface area contributed by atoms with E-state index in [2.05, 4.69) is 60.4 Å². The highest BCUT2D eigenvalue weighted by Crippen LogP contribution is 2.30. The summed E-state index contributed by atoms with van der Waals surface area (Å²) in [4.78, 5) is 24.4. The Balaban J connectivity index is 1.80. The summed E-state index contributed by atoms with van der Waals surface area (Å²) in [7, 11) is 1.30. The molecule has 0 saturated carbocycles. The fourth-order valence-electron chi connectivity index (χ4n) is 3.02. The van der Waals surface area contributed by atoms with E-state index in [-0.39, 0.29) is 6.61 Å². The van der Waals surface area contributed by atoms with Crippen LogP contribution in [0.25, 0.3) is 0 Å². The number of hydrogen-bond acceptors (Lipinski definition) is 6. The van der Waals surface area contributed by atoms with Gasteiger partial charge in [0.1, 0.15) is 5.75 Å². The van der Waals surface area contributed by atoms with Gasteiger partial charge in [0.05, 0.1) is 20.5 Å². The van der Waals surface area contributed by atoms with Crippen LogP contribution in [-0.2, 0) is 19.9 Å². The number of rotatable bonds is 8. The molecule has 0 bridgehead atoms. The Morgan fingerprint density at radius 3 is 2.00 bits per heavy atom. The Bertz CT molecular complexity index is 1090. The van der Waals surface area contributed by atoms with Crippen LogP contribution >= 0.6 is 45.2 Å². The van der Waals surface area contributed by atoms with Gasteiger partial charge in [-0.3, -0.25) is 4.79 Å². The van der Waals surface area contributed by atoms with Gasteiger partial charge in [-0.05, 0) is 74.0 Å². The maximum absolute atomic E-state index is 13.1. The molecule has 3 aromatic carbocycles. The van der Waals surface area contributed by atoms with E-state index in [1.807, 2.05) is 12.1 Å². The van der Waals surface area contributed by atoms with Crippen LogP contribution in [0.1, 0.15) is 16.7 Å². The summed E-state index contributed by atoms with van der Waals surface area (Å²) in [5, 5.41) is 15.5. The molecule has 0 unspecified atom stereocenters. The normalized spacial score (nSPS) is 11.3. The number of ether oxygens (including phenoxy) is 2. The Morgan fingerprint density at radius 2 is 1.52 bits per heavy atom. The van der Waals surface area contributed by atoms with Crippen LogP contribution in [0.2, 0.25) is 0 Å². The fourth-order valence-corrected chi connectivity index (χ4v) is 5.14. The van der Waals surface area contributed by atoms with Gasteiger partial charge in [-0.2, -0.15) is 5.10 Å². The largest absolute Gasteiger partial charge is 0.480 e. The first-order chi connectivity index (χ1) is 15.9. The monoisotopic (exact) mass is 670 g/mol. The van der Waals surface area contributed by atoms with Crippen LogP contribution in [0.3, 0.4) is 0 Å². The number of carbonyl (C=O) groups is 2. The van der Waals surface area contributed by atoms with Gasteiger partial charge < -0.3 is 14.6 Å². The molecular weight excluding hydrogens is 650 g/mol. The zero-order valence-corrected chi connectivity index (χ0v) is 21.8. The van der Waals surface area contributed by atoms with Crippen LogP contribution in [0.15, 0.2) is 77.9 Å². The van der Waals surface area contributed by atoms with Crippen molar-refractivity contribution in [1.82, 2.24) is 5.43 Å². The number of esters is 1. The third kappa shape index (κ3) is 6.09. The maximum Gasteiger partial charge on any atom is 0.343 e. The Hall–Kier alpha value is -2.51. The van der Waals surface area contributed by atoms with Gasteiger partial charge in [-0.25, -0.2) is 10.2 Å². The lowest BCUT2D eigenvalue weighted by molar-refractivity contribution is -0.143. The summed E-state index contributed by atoms with van der Waals surface area (Å²) in [5.74, 6) is -0.594. The molecule has 9 heteroatoms. The molecule has 0 spiro atoms. The second-order valence-corrected chi connectivity index (χ2v) is 9.14. The molecule has 170 valence electrons. The van der Waals surface area contributed by atoms with E-state index in [0.29, 0.717) is 22.4 Å². The van der Waals surface area contributed by atoms with Crippen molar-refractivity contribution in [2.24, 2.45) is 5.10 Å². The molecule has 0 aromatic heterocycles. The van der Waals surface area contributed by atoms with Crippen molar-refractivity contribution in [1.29, 1.82) is 0 Å². The molecule has 0 aliphatic heterocycles. The molecule has 0 aliphatic carbocycles. The number of aliphatic hydroxyl groups is 1. The van der Waals surface area contributed by atoms with Crippen molar-refractivity contribution in [3.63, 3.8) is 0 Å². The predicted molar refractivity (Wildman–Crippen MR) is 141 cm³/mol. The summed E-state index contributed by atoms with van der Waals surface area (Å²) in [6.45, 7) is -0.191. The molecule has 3 rings (SSSR count). The third-order valence-corrected chi connectivity index (χ3v) is 6.28. The van der Waals surface area contributed by atoms with E-state index >= 15 is 0 Å². The molecule has 33 heavy (non-hydrogen) atoms. The number of hydrazone groups is 1. The molecule has 2 N–H and O–H groups in total. The summed E-state index contributed by atoms with van der Waals surface area (Å²) in [6.07, 6.45) is 1.47. The predicted octanol–water partition coefficient (Wildman–Crippen LogP) is 3.83. The van der Waals surface area contributed by atoms with Gasteiger partial charge in [0, 0.05) is 0 Å². The first-order valence-corrected chi connectivity index (χ1v) is 11.9. The van der Waals surface area contributed by atoms with Gasteiger partial charge in [0.25, 0.3) is 5.91 Å². The van der Waals surface area contributed by atoms with E-state index in [0.717, 1.165) is 7.14 Å². The summed E-state index contributed by atoms with van der Waals surface area (Å²) in [6, 6.07) is 21.0. The molecule has 0 aliphatic rings. The number of amides is 1. The number of methoxy groups -OCH3 is 1. The minimum atomic E-state index is -1.91. The zero-order chi connectivity index (χ0) is 23.8. The molecular formula is C24H20I2N2O5. The highest BCUT2D eigenvalue weighted by molar-refractivity contribution is 14.1. The lowest BCUT2D eigenvalue weighted by atomic mass is 9.85. The Morgan fingerprint density at radius 1 is 1.00 bits per heavy atom. The van der Waals surface area contributed by atoms with Crippen molar-refractivity contribution >= 4 is 63.3 Å². The van der Waals surface area contributed by atoms with Crippen molar-refractivity contribution in [2.75, 3.05) is 13.7 Å². The number of benzene rings is 3. The van der Waals surface area contributed by atoms with E-state index < -0.39 is 17.5 Å². The highest BCUT2D eigenvalue weighted by Gasteiger charge is 2.39. The van der Waals surface area contributed by atoms with E-state index in [4.69, 9.17) is 4.74 Å². The molecule has 0 fully saturated rings. The van der Waals surface area contributed by atoms with Gasteiger partial charge >= 0.3 is 5.97 Å². The van der Waals surface area contributed by atoms with E-state index in [9.17, 15) is 14.7 Å². The molecule has 1 amide bonds. The quantitative estimate of drug-likeness (QED) is 0.165. The Kier molecular flexibility index (Phi) is 8.80. The average Bonchev–Trinajstić information content (AvgIpc) is 2.83. The standard InChI is InChI=1S/C24H20I2N2O5/c1-32-21(29)15-33-22-19(25)12-16(13-20(22)26)14-27-28-23(30)24(31,17-8-4-2-5-9-17)18-10-6-3-7-11-18/h2-14,31H,15H2,1H3,(H,28,30)/b27-14+. The molecule has 0 heterocycles. The summed E-state index contributed by atoms with van der Waals surface area (Å²) in [5.41, 5.74) is 2.11. The van der Waals surface area contributed by atoms with Crippen LogP contribution < -0.4 is 10.2 Å². The molecule has 7 nitrogen and oxygen atoms in total. The van der Waals surface area contributed by atoms with Crippen LogP contribution in [0.4, 0.5) is 0 Å². The second-order valence-electron chi connectivity index (χ2n) is 6.82. The smallest absolute Gasteiger partial charge is 0.343 e. The van der Waals surface area contributed by atoms with Crippen LogP contribution in [0.5, 0.6) is 5.75 Å². The lowest BCUT2D eigenvalue weighted by Crippen LogP contribution is -2.43. The average molecular weight is 670 g/mol. The minimum absolute atomic E-state index is 0.191. The fraction of sp³-hybridized carbons (Fsp3) is 0.125. The van der Waals surface area contributed by atoms with Crippen molar-refractivity contribution in [3.05, 3.63) is 96.6 Å². The van der Waals surface area contributed by atoms with Gasteiger partial charge in [0.2, 0.25) is 0 Å². The third-order valence-electron chi connectivity index (χ3n) is 4.67. The number of halogens is 2. The first kappa shape index (κ1) is 25.1. The highest BCUT2D eigenvalue weighted by atomic mass is 127. The topological polar surface area (TPSA) is 97.2 Å². The second kappa shape index (κ2) is 11.6. The summed E-state index contributed by atoms with van der Waals surface area (Å²) >= 11 is 4.19. The SMILES string of the molecule is COC(=O)COc1c(I)cc(/C=N/NC(=O)C(O)(c2ccccc2)c2ccccc2)cc1I. The zero-order valence-electron chi connectivity index (χ0n) is 17.5. The first-order valence-electron chi connectivity index (χ1n) is 9.72. The van der Waals surface area contributed by atoms with E-state index in [1.165, 1.54) is 13.3 Å². The van der Waals surface area contributed by atoms with Crippen molar-refractivity contribution in [2.45, 2.75) is 5.60 Å². The minimum Gasteiger partial charge on any atom is -0.480 e. The molecule has 0 radical (unpaired) electrons. The number of nitrogens with zero attached hydrogens (tertiary/aromatic N) is 1. The Labute approximate surface area is 218 Å². The maximum atomic E-state index is 13.1. The summed E-state index contributed by atoms with van der Waals surface area (Å²) < 4.78 is 11.6. The molecule has 0 atom stereocenters. The van der Waals surface area contributed by atoms with Crippen molar-refractivity contribution in [3.8, 4) is 5.75 Å². The van der Waals surface area contributed by atoms with Gasteiger partial charge in [0.15, 0.2) is 12.2 Å². The van der Waals surface area contributed by atoms with Gasteiger partial charge in [-0.1, -0.05) is 60.7 Å². The molecule has 3 aromatic rings. The number of carbonyl (C=O) groups excluding carboxylic acids is 2. The number of hydrogen-bond donors (Lipinski definition) is 2. The number of nitrogens with one attached hydrogen (secondary N) is 1.